The van der Waals surface area contributed by atoms with Crippen LogP contribution in [0.4, 0.5) is 0 Å². The number of methoxy groups -OCH3 is 1. The van der Waals surface area contributed by atoms with Gasteiger partial charge in [0.05, 0.1) is 20.1 Å². The summed E-state index contributed by atoms with van der Waals surface area (Å²) in [6, 6.07) is 17.5. The normalized spacial score (nSPS) is 10.1. The lowest BCUT2D eigenvalue weighted by Gasteiger charge is -2.08. The molecule has 1 N–H and O–H groups in total. The average Bonchev–Trinajstić information content (AvgIpc) is 2.60. The first-order valence-electron chi connectivity index (χ1n) is 7.49. The van der Waals surface area contributed by atoms with Gasteiger partial charge in [0.2, 0.25) is 5.91 Å². The average molecular weight is 331 g/mol. The number of benzene rings is 2. The Bertz CT molecular complexity index is 587. The van der Waals surface area contributed by atoms with Crippen LogP contribution in [0.1, 0.15) is 6.42 Å². The van der Waals surface area contributed by atoms with Crippen LogP contribution in [0.2, 0.25) is 0 Å². The molecular weight excluding hydrogens is 310 g/mol. The summed E-state index contributed by atoms with van der Waals surface area (Å²) >= 11 is 1.73. The van der Waals surface area contributed by atoms with E-state index in [4.69, 9.17) is 9.47 Å². The highest BCUT2D eigenvalue weighted by atomic mass is 32.2. The topological polar surface area (TPSA) is 47.6 Å². The Balaban J connectivity index is 1.56. The van der Waals surface area contributed by atoms with Gasteiger partial charge in [0.25, 0.3) is 0 Å². The van der Waals surface area contributed by atoms with Gasteiger partial charge >= 0.3 is 0 Å². The number of carbonyl (C=O) groups excluding carboxylic acids is 1. The standard InChI is InChI=1S/C18H21NO3S/c1-21-15-7-9-16(10-8-15)22-13-11-18(20)19-12-14-23-17-5-3-2-4-6-17/h2-10H,11-14H2,1H3,(H,19,20). The molecule has 1 amide bonds. The van der Waals surface area contributed by atoms with Gasteiger partial charge in [-0.15, -0.1) is 11.8 Å². The molecule has 2 rings (SSSR count). The van der Waals surface area contributed by atoms with Crippen molar-refractivity contribution in [2.24, 2.45) is 0 Å². The van der Waals surface area contributed by atoms with Crippen LogP contribution in [-0.2, 0) is 4.79 Å². The summed E-state index contributed by atoms with van der Waals surface area (Å²) in [6.07, 6.45) is 0.349. The molecule has 0 saturated carbocycles. The molecule has 0 radical (unpaired) electrons. The largest absolute Gasteiger partial charge is 0.497 e. The molecule has 0 saturated heterocycles. The zero-order chi connectivity index (χ0) is 16.3. The van der Waals surface area contributed by atoms with Crippen molar-refractivity contribution in [2.75, 3.05) is 26.0 Å². The maximum Gasteiger partial charge on any atom is 0.223 e. The third-order valence-electron chi connectivity index (χ3n) is 3.09. The first kappa shape index (κ1) is 17.2. The van der Waals surface area contributed by atoms with Crippen molar-refractivity contribution in [3.8, 4) is 11.5 Å². The summed E-state index contributed by atoms with van der Waals surface area (Å²) < 4.78 is 10.6. The highest BCUT2D eigenvalue weighted by molar-refractivity contribution is 7.99. The molecule has 5 heteroatoms. The lowest BCUT2D eigenvalue weighted by molar-refractivity contribution is -0.121. The van der Waals surface area contributed by atoms with E-state index in [0.29, 0.717) is 19.6 Å². The lowest BCUT2D eigenvalue weighted by Crippen LogP contribution is -2.27. The molecule has 0 heterocycles. The van der Waals surface area contributed by atoms with Crippen LogP contribution in [0.15, 0.2) is 59.5 Å². The Kier molecular flexibility index (Phi) is 7.33. The van der Waals surface area contributed by atoms with Crippen molar-refractivity contribution >= 4 is 17.7 Å². The van der Waals surface area contributed by atoms with Gasteiger partial charge in [-0.25, -0.2) is 0 Å². The predicted octanol–water partition coefficient (Wildman–Crippen LogP) is 3.37. The Morgan fingerprint density at radius 3 is 2.43 bits per heavy atom. The molecule has 0 fully saturated rings. The Morgan fingerprint density at radius 2 is 1.74 bits per heavy atom. The van der Waals surface area contributed by atoms with Crippen molar-refractivity contribution in [1.29, 1.82) is 0 Å². The van der Waals surface area contributed by atoms with Crippen molar-refractivity contribution in [3.63, 3.8) is 0 Å². The molecule has 122 valence electrons. The van der Waals surface area contributed by atoms with Gasteiger partial charge in [-0.05, 0) is 36.4 Å². The van der Waals surface area contributed by atoms with Crippen molar-refractivity contribution in [1.82, 2.24) is 5.32 Å². The lowest BCUT2D eigenvalue weighted by atomic mass is 10.3. The SMILES string of the molecule is COc1ccc(OCCC(=O)NCCSc2ccccc2)cc1. The second-order valence-corrected chi connectivity index (χ2v) is 5.95. The Hall–Kier alpha value is -2.14. The molecule has 0 aliphatic heterocycles. The van der Waals surface area contributed by atoms with E-state index in [2.05, 4.69) is 17.4 Å². The quantitative estimate of drug-likeness (QED) is 0.565. The molecule has 2 aromatic rings. The van der Waals surface area contributed by atoms with E-state index in [-0.39, 0.29) is 5.91 Å². The van der Waals surface area contributed by atoms with Crippen molar-refractivity contribution in [2.45, 2.75) is 11.3 Å². The predicted molar refractivity (Wildman–Crippen MR) is 93.3 cm³/mol. The maximum atomic E-state index is 11.7. The van der Waals surface area contributed by atoms with Crippen LogP contribution < -0.4 is 14.8 Å². The van der Waals surface area contributed by atoms with Crippen LogP contribution >= 0.6 is 11.8 Å². The van der Waals surface area contributed by atoms with Gasteiger partial charge in [-0.2, -0.15) is 0 Å². The van der Waals surface area contributed by atoms with Crippen molar-refractivity contribution in [3.05, 3.63) is 54.6 Å². The first-order chi connectivity index (χ1) is 11.3. The number of thioether (sulfide) groups is 1. The van der Waals surface area contributed by atoms with Crippen LogP contribution in [0.5, 0.6) is 11.5 Å². The summed E-state index contributed by atoms with van der Waals surface area (Å²) in [6.45, 7) is 1.02. The fraction of sp³-hybridized carbons (Fsp3) is 0.278. The first-order valence-corrected chi connectivity index (χ1v) is 8.48. The number of amides is 1. The molecule has 2 aromatic carbocycles. The number of rotatable bonds is 9. The third kappa shape index (κ3) is 6.65. The molecule has 0 spiro atoms. The molecule has 23 heavy (non-hydrogen) atoms. The van der Waals surface area contributed by atoms with E-state index in [1.54, 1.807) is 18.9 Å². The number of nitrogens with one attached hydrogen (secondary N) is 1. The van der Waals surface area contributed by atoms with Gasteiger partial charge in [0.1, 0.15) is 11.5 Å². The molecule has 0 atom stereocenters. The molecular formula is C18H21NO3S. The summed E-state index contributed by atoms with van der Waals surface area (Å²) in [7, 11) is 1.62. The van der Waals surface area contributed by atoms with Gasteiger partial charge in [0.15, 0.2) is 0 Å². The number of hydrogen-bond acceptors (Lipinski definition) is 4. The second-order valence-electron chi connectivity index (χ2n) is 4.79. The summed E-state index contributed by atoms with van der Waals surface area (Å²) in [4.78, 5) is 12.9. The van der Waals surface area contributed by atoms with Gasteiger partial charge < -0.3 is 14.8 Å². The van der Waals surface area contributed by atoms with Crippen molar-refractivity contribution < 1.29 is 14.3 Å². The van der Waals surface area contributed by atoms with Crippen LogP contribution in [0, 0.1) is 0 Å². The molecule has 0 bridgehead atoms. The number of carbonyl (C=O) groups is 1. The van der Waals surface area contributed by atoms with Gasteiger partial charge in [-0.1, -0.05) is 18.2 Å². The van der Waals surface area contributed by atoms with E-state index >= 15 is 0 Å². The van der Waals surface area contributed by atoms with E-state index in [1.165, 1.54) is 4.90 Å². The molecule has 0 unspecified atom stereocenters. The minimum atomic E-state index is 0.00664. The number of hydrogen-bond donors (Lipinski definition) is 1. The smallest absolute Gasteiger partial charge is 0.223 e. The van der Waals surface area contributed by atoms with Crippen LogP contribution in [0.3, 0.4) is 0 Å². The summed E-state index contributed by atoms with van der Waals surface area (Å²) in [5.41, 5.74) is 0. The second kappa shape index (κ2) is 9.79. The minimum absolute atomic E-state index is 0.00664. The monoisotopic (exact) mass is 331 g/mol. The van der Waals surface area contributed by atoms with E-state index in [0.717, 1.165) is 17.3 Å². The number of ether oxygens (including phenoxy) is 2. The molecule has 0 aromatic heterocycles. The Morgan fingerprint density at radius 1 is 1.04 bits per heavy atom. The highest BCUT2D eigenvalue weighted by Gasteiger charge is 2.02. The fourth-order valence-electron chi connectivity index (χ4n) is 1.90. The molecule has 0 aliphatic carbocycles. The zero-order valence-electron chi connectivity index (χ0n) is 13.2. The zero-order valence-corrected chi connectivity index (χ0v) is 14.0. The fourth-order valence-corrected chi connectivity index (χ4v) is 2.69. The summed E-state index contributed by atoms with van der Waals surface area (Å²) in [5.74, 6) is 2.38. The van der Waals surface area contributed by atoms with E-state index in [9.17, 15) is 4.79 Å². The summed E-state index contributed by atoms with van der Waals surface area (Å²) in [5, 5.41) is 2.90. The minimum Gasteiger partial charge on any atom is -0.497 e. The van der Waals surface area contributed by atoms with Gasteiger partial charge in [-0.3, -0.25) is 4.79 Å². The van der Waals surface area contributed by atoms with Gasteiger partial charge in [0, 0.05) is 17.2 Å². The van der Waals surface area contributed by atoms with E-state index < -0.39 is 0 Å². The third-order valence-corrected chi connectivity index (χ3v) is 4.11. The molecule has 0 aliphatic rings. The van der Waals surface area contributed by atoms with E-state index in [1.807, 2.05) is 42.5 Å². The maximum absolute atomic E-state index is 11.7. The Labute approximate surface area is 141 Å². The van der Waals surface area contributed by atoms with Crippen LogP contribution in [-0.4, -0.2) is 31.9 Å². The van der Waals surface area contributed by atoms with Crippen LogP contribution in [0.25, 0.3) is 0 Å². The highest BCUT2D eigenvalue weighted by Crippen LogP contribution is 2.17. The molecule has 4 nitrogen and oxygen atoms in total.